The van der Waals surface area contributed by atoms with Crippen LogP contribution in [0.2, 0.25) is 0 Å². The summed E-state index contributed by atoms with van der Waals surface area (Å²) in [7, 11) is 0. The van der Waals surface area contributed by atoms with Gasteiger partial charge in [-0.1, -0.05) is 13.8 Å². The largest absolute Gasteiger partial charge is 0.431 e. The Balaban J connectivity index is 2.23. The molecule has 0 aromatic heterocycles. The second-order valence-corrected chi connectivity index (χ2v) is 3.49. The van der Waals surface area contributed by atoms with Gasteiger partial charge in [-0.2, -0.15) is 5.06 Å². The van der Waals surface area contributed by atoms with Gasteiger partial charge >= 0.3 is 12.1 Å². The Kier molecular flexibility index (Phi) is 3.55. The Morgan fingerprint density at radius 1 is 1.71 bits per heavy atom. The topological polar surface area (TPSA) is 70.7 Å². The Morgan fingerprint density at radius 2 is 2.43 bits per heavy atom. The predicted molar refractivity (Wildman–Crippen MR) is 49.4 cm³/mol. The molecule has 0 radical (unpaired) electrons. The minimum absolute atomic E-state index is 0.356. The van der Waals surface area contributed by atoms with Crippen molar-refractivity contribution in [2.24, 2.45) is 5.92 Å². The molecule has 14 heavy (non-hydrogen) atoms. The summed E-state index contributed by atoms with van der Waals surface area (Å²) in [5.74, 6) is 0.356. The third kappa shape index (κ3) is 3.12. The molecule has 0 saturated carbocycles. The lowest BCUT2D eigenvalue weighted by atomic mass is 10.2. The van der Waals surface area contributed by atoms with Crippen LogP contribution in [0.3, 0.4) is 0 Å². The number of amides is 3. The van der Waals surface area contributed by atoms with Crippen LogP contribution < -0.4 is 10.6 Å². The van der Waals surface area contributed by atoms with E-state index in [4.69, 9.17) is 4.84 Å². The number of carbonyl (C=O) groups is 2. The molecule has 0 aromatic carbocycles. The first-order valence-electron chi connectivity index (χ1n) is 4.60. The normalized spacial score (nSPS) is 15.6. The molecule has 6 heteroatoms. The summed E-state index contributed by atoms with van der Waals surface area (Å²) in [6.07, 6.45) is -0.587. The minimum atomic E-state index is -0.587. The molecule has 1 aliphatic heterocycles. The van der Waals surface area contributed by atoms with Crippen LogP contribution in [0.15, 0.2) is 0 Å². The van der Waals surface area contributed by atoms with Crippen molar-refractivity contribution in [1.29, 1.82) is 0 Å². The number of hydroxylamine groups is 2. The highest BCUT2D eigenvalue weighted by Gasteiger charge is 2.23. The summed E-state index contributed by atoms with van der Waals surface area (Å²) in [5.41, 5.74) is 0. The molecular formula is C8H15N3O3. The minimum Gasteiger partial charge on any atom is -0.334 e. The van der Waals surface area contributed by atoms with Crippen molar-refractivity contribution in [3.63, 3.8) is 0 Å². The smallest absolute Gasteiger partial charge is 0.334 e. The van der Waals surface area contributed by atoms with Gasteiger partial charge < -0.3 is 15.5 Å². The Bertz CT molecular complexity index is 230. The van der Waals surface area contributed by atoms with Crippen LogP contribution >= 0.6 is 0 Å². The van der Waals surface area contributed by atoms with Gasteiger partial charge in [0.15, 0.2) is 0 Å². The molecule has 1 fully saturated rings. The number of urea groups is 1. The number of carbonyl (C=O) groups excluding carboxylic acids is 2. The Morgan fingerprint density at radius 3 is 2.93 bits per heavy atom. The quantitative estimate of drug-likeness (QED) is 0.690. The van der Waals surface area contributed by atoms with Crippen molar-refractivity contribution < 1.29 is 14.4 Å². The molecule has 2 N–H and O–H groups in total. The summed E-state index contributed by atoms with van der Waals surface area (Å²) in [5, 5.41) is 6.08. The molecule has 0 aromatic rings. The van der Waals surface area contributed by atoms with E-state index in [1.165, 1.54) is 0 Å². The number of hydrogen-bond donors (Lipinski definition) is 2. The maximum atomic E-state index is 11.1. The molecule has 1 heterocycles. The zero-order valence-electron chi connectivity index (χ0n) is 8.37. The Labute approximate surface area is 82.5 Å². The first-order valence-corrected chi connectivity index (χ1v) is 4.60. The molecule has 0 bridgehead atoms. The highest BCUT2D eigenvalue weighted by molar-refractivity contribution is 5.77. The first-order chi connectivity index (χ1) is 6.59. The van der Waals surface area contributed by atoms with E-state index in [9.17, 15) is 9.59 Å². The van der Waals surface area contributed by atoms with Gasteiger partial charge in [-0.15, -0.1) is 0 Å². The highest BCUT2D eigenvalue weighted by Crippen LogP contribution is 1.98. The van der Waals surface area contributed by atoms with Crippen LogP contribution in [0.25, 0.3) is 0 Å². The summed E-state index contributed by atoms with van der Waals surface area (Å²) in [6, 6.07) is -0.371. The van der Waals surface area contributed by atoms with Crippen molar-refractivity contribution in [3.05, 3.63) is 0 Å². The lowest BCUT2D eigenvalue weighted by Crippen LogP contribution is -2.37. The Hall–Kier alpha value is -1.46. The molecule has 6 nitrogen and oxygen atoms in total. The van der Waals surface area contributed by atoms with Crippen LogP contribution in [0.5, 0.6) is 0 Å². The van der Waals surface area contributed by atoms with Gasteiger partial charge in [-0.3, -0.25) is 0 Å². The molecule has 3 amide bonds. The standard InChI is InChI=1S/C8H15N3O3/c1-6(2)5-10-8(13)14-11-4-3-9-7(11)12/h6H,3-5H2,1-2H3,(H,9,12)(H,10,13). The lowest BCUT2D eigenvalue weighted by Gasteiger charge is -2.14. The van der Waals surface area contributed by atoms with E-state index in [0.29, 0.717) is 25.6 Å². The average molecular weight is 201 g/mol. The molecule has 1 saturated heterocycles. The SMILES string of the molecule is CC(C)CNC(=O)ON1CCNC1=O. The molecular weight excluding hydrogens is 186 g/mol. The molecule has 0 spiro atoms. The van der Waals surface area contributed by atoms with Crippen LogP contribution in [0.1, 0.15) is 13.8 Å². The number of nitrogens with zero attached hydrogens (tertiary/aromatic N) is 1. The second kappa shape index (κ2) is 4.69. The van der Waals surface area contributed by atoms with Crippen LogP contribution in [0, 0.1) is 5.92 Å². The summed E-state index contributed by atoms with van der Waals surface area (Å²) < 4.78 is 0. The third-order valence-electron chi connectivity index (χ3n) is 1.67. The van der Waals surface area contributed by atoms with Gasteiger partial charge in [-0.05, 0) is 5.92 Å². The maximum absolute atomic E-state index is 11.1. The molecule has 80 valence electrons. The van der Waals surface area contributed by atoms with E-state index in [2.05, 4.69) is 10.6 Å². The van der Waals surface area contributed by atoms with Gasteiger partial charge in [0.2, 0.25) is 0 Å². The fourth-order valence-corrected chi connectivity index (χ4v) is 0.961. The van der Waals surface area contributed by atoms with E-state index in [0.717, 1.165) is 5.06 Å². The van der Waals surface area contributed by atoms with Crippen molar-refractivity contribution in [1.82, 2.24) is 15.7 Å². The molecule has 0 unspecified atom stereocenters. The number of nitrogens with one attached hydrogen (secondary N) is 2. The first kappa shape index (κ1) is 10.6. The maximum Gasteiger partial charge on any atom is 0.431 e. The van der Waals surface area contributed by atoms with Crippen LogP contribution in [-0.2, 0) is 4.84 Å². The summed E-state index contributed by atoms with van der Waals surface area (Å²) in [4.78, 5) is 26.8. The van der Waals surface area contributed by atoms with Crippen molar-refractivity contribution in [2.75, 3.05) is 19.6 Å². The summed E-state index contributed by atoms with van der Waals surface area (Å²) >= 11 is 0. The van der Waals surface area contributed by atoms with Crippen LogP contribution in [0.4, 0.5) is 9.59 Å². The third-order valence-corrected chi connectivity index (χ3v) is 1.67. The molecule has 0 atom stereocenters. The zero-order chi connectivity index (χ0) is 10.6. The van der Waals surface area contributed by atoms with E-state index in [-0.39, 0.29) is 6.03 Å². The van der Waals surface area contributed by atoms with Gasteiger partial charge in [0, 0.05) is 13.1 Å². The monoisotopic (exact) mass is 201 g/mol. The van der Waals surface area contributed by atoms with Gasteiger partial charge in [0.1, 0.15) is 0 Å². The van der Waals surface area contributed by atoms with Gasteiger partial charge in [-0.25, -0.2) is 9.59 Å². The second-order valence-electron chi connectivity index (χ2n) is 3.49. The van der Waals surface area contributed by atoms with Crippen molar-refractivity contribution in [2.45, 2.75) is 13.8 Å². The van der Waals surface area contributed by atoms with E-state index in [1.807, 2.05) is 13.8 Å². The summed E-state index contributed by atoms with van der Waals surface area (Å²) in [6.45, 7) is 5.39. The fraction of sp³-hybridized carbons (Fsp3) is 0.750. The molecule has 1 rings (SSSR count). The van der Waals surface area contributed by atoms with E-state index < -0.39 is 6.09 Å². The van der Waals surface area contributed by atoms with Crippen LogP contribution in [-0.4, -0.2) is 36.8 Å². The van der Waals surface area contributed by atoms with Crippen molar-refractivity contribution >= 4 is 12.1 Å². The number of hydrogen-bond acceptors (Lipinski definition) is 3. The zero-order valence-corrected chi connectivity index (χ0v) is 8.37. The predicted octanol–water partition coefficient (Wildman–Crippen LogP) is 0.309. The van der Waals surface area contributed by atoms with E-state index >= 15 is 0 Å². The molecule has 0 aliphatic carbocycles. The van der Waals surface area contributed by atoms with E-state index in [1.54, 1.807) is 0 Å². The van der Waals surface area contributed by atoms with Gasteiger partial charge in [0.25, 0.3) is 0 Å². The van der Waals surface area contributed by atoms with Crippen molar-refractivity contribution in [3.8, 4) is 0 Å². The highest BCUT2D eigenvalue weighted by atomic mass is 16.7. The number of rotatable bonds is 3. The fourth-order valence-electron chi connectivity index (χ4n) is 0.961. The lowest BCUT2D eigenvalue weighted by molar-refractivity contribution is -0.0427. The molecule has 1 aliphatic rings. The van der Waals surface area contributed by atoms with Gasteiger partial charge in [0.05, 0.1) is 6.54 Å². The average Bonchev–Trinajstić information content (AvgIpc) is 2.49.